The highest BCUT2D eigenvalue weighted by molar-refractivity contribution is 5.63. The first-order chi connectivity index (χ1) is 13.1. The van der Waals surface area contributed by atoms with E-state index in [-0.39, 0.29) is 23.3 Å². The van der Waals surface area contributed by atoms with Crippen LogP contribution in [0.15, 0.2) is 40.8 Å². The standard InChI is InChI=1S/C18H14F2N2O5/c1-23-14-8-10(3-5-13(14)26-18(19)20)16-21-22-17(27-16)11-2-4-12-15(9-11)25-7-6-24-12/h2-5,8-9,18H,6-7H2,1H3. The minimum Gasteiger partial charge on any atom is -0.493 e. The zero-order valence-corrected chi connectivity index (χ0v) is 14.1. The predicted molar refractivity (Wildman–Crippen MR) is 89.3 cm³/mol. The second-order valence-electron chi connectivity index (χ2n) is 5.51. The Balaban J connectivity index is 1.63. The molecule has 0 bridgehead atoms. The Kier molecular flexibility index (Phi) is 4.49. The normalized spacial score (nSPS) is 12.9. The zero-order valence-electron chi connectivity index (χ0n) is 14.1. The summed E-state index contributed by atoms with van der Waals surface area (Å²) >= 11 is 0. The van der Waals surface area contributed by atoms with Gasteiger partial charge in [0.15, 0.2) is 23.0 Å². The largest absolute Gasteiger partial charge is 0.493 e. The van der Waals surface area contributed by atoms with Gasteiger partial charge in [0.2, 0.25) is 11.8 Å². The maximum Gasteiger partial charge on any atom is 0.387 e. The van der Waals surface area contributed by atoms with Crippen molar-refractivity contribution in [1.29, 1.82) is 0 Å². The number of methoxy groups -OCH3 is 1. The maximum absolute atomic E-state index is 12.4. The van der Waals surface area contributed by atoms with Gasteiger partial charge in [-0.15, -0.1) is 10.2 Å². The van der Waals surface area contributed by atoms with E-state index in [4.69, 9.17) is 18.6 Å². The van der Waals surface area contributed by atoms with E-state index < -0.39 is 6.61 Å². The number of benzene rings is 2. The Labute approximate surface area is 152 Å². The Morgan fingerprint density at radius 3 is 2.26 bits per heavy atom. The van der Waals surface area contributed by atoms with E-state index in [2.05, 4.69) is 14.9 Å². The molecule has 140 valence electrons. The fourth-order valence-electron chi connectivity index (χ4n) is 2.63. The summed E-state index contributed by atoms with van der Waals surface area (Å²) in [5, 5.41) is 8.04. The van der Waals surface area contributed by atoms with Crippen LogP contribution in [0.3, 0.4) is 0 Å². The molecule has 0 radical (unpaired) electrons. The lowest BCUT2D eigenvalue weighted by molar-refractivity contribution is -0.0512. The first kappa shape index (κ1) is 17.1. The molecule has 0 spiro atoms. The van der Waals surface area contributed by atoms with Crippen molar-refractivity contribution < 1.29 is 32.1 Å². The van der Waals surface area contributed by atoms with Gasteiger partial charge in [0.05, 0.1) is 7.11 Å². The smallest absolute Gasteiger partial charge is 0.387 e. The fourth-order valence-corrected chi connectivity index (χ4v) is 2.63. The van der Waals surface area contributed by atoms with Crippen molar-refractivity contribution in [3.63, 3.8) is 0 Å². The predicted octanol–water partition coefficient (Wildman–Crippen LogP) is 3.78. The van der Waals surface area contributed by atoms with Crippen molar-refractivity contribution in [3.8, 4) is 45.9 Å². The summed E-state index contributed by atoms with van der Waals surface area (Å²) in [4.78, 5) is 0. The van der Waals surface area contributed by atoms with Crippen LogP contribution in [0.25, 0.3) is 22.9 Å². The van der Waals surface area contributed by atoms with Crippen LogP contribution in [-0.2, 0) is 0 Å². The lowest BCUT2D eigenvalue weighted by Gasteiger charge is -2.18. The number of aromatic nitrogens is 2. The van der Waals surface area contributed by atoms with Crippen LogP contribution < -0.4 is 18.9 Å². The number of nitrogens with zero attached hydrogens (tertiary/aromatic N) is 2. The summed E-state index contributed by atoms with van der Waals surface area (Å²) in [6, 6.07) is 9.68. The molecule has 1 aliphatic heterocycles. The number of rotatable bonds is 5. The summed E-state index contributed by atoms with van der Waals surface area (Å²) in [6.07, 6.45) is 0. The number of alkyl halides is 2. The van der Waals surface area contributed by atoms with Gasteiger partial charge in [-0.2, -0.15) is 8.78 Å². The molecule has 2 aromatic carbocycles. The highest BCUT2D eigenvalue weighted by atomic mass is 19.3. The molecule has 2 heterocycles. The molecule has 1 aliphatic rings. The SMILES string of the molecule is COc1cc(-c2nnc(-c3ccc4c(c3)OCCO4)o2)ccc1OC(F)F. The molecule has 4 rings (SSSR count). The van der Waals surface area contributed by atoms with E-state index in [1.165, 1.54) is 25.3 Å². The molecule has 0 aliphatic carbocycles. The molecule has 0 unspecified atom stereocenters. The van der Waals surface area contributed by atoms with Gasteiger partial charge in [-0.3, -0.25) is 0 Å². The topological polar surface area (TPSA) is 75.8 Å². The molecular weight excluding hydrogens is 362 g/mol. The molecule has 0 saturated carbocycles. The number of ether oxygens (including phenoxy) is 4. The molecule has 0 N–H and O–H groups in total. The van der Waals surface area contributed by atoms with Gasteiger partial charge >= 0.3 is 6.61 Å². The molecular formula is C18H14F2N2O5. The van der Waals surface area contributed by atoms with E-state index in [0.29, 0.717) is 35.8 Å². The molecule has 0 atom stereocenters. The van der Waals surface area contributed by atoms with E-state index >= 15 is 0 Å². The van der Waals surface area contributed by atoms with Gasteiger partial charge in [-0.1, -0.05) is 0 Å². The van der Waals surface area contributed by atoms with E-state index in [1.54, 1.807) is 18.2 Å². The van der Waals surface area contributed by atoms with Crippen molar-refractivity contribution >= 4 is 0 Å². The summed E-state index contributed by atoms with van der Waals surface area (Å²) in [5.74, 6) is 1.81. The average Bonchev–Trinajstić information content (AvgIpc) is 3.17. The van der Waals surface area contributed by atoms with Crippen LogP contribution >= 0.6 is 0 Å². The zero-order chi connectivity index (χ0) is 18.8. The summed E-state index contributed by atoms with van der Waals surface area (Å²) in [7, 11) is 1.35. The lowest BCUT2D eigenvalue weighted by atomic mass is 10.2. The van der Waals surface area contributed by atoms with Crippen molar-refractivity contribution in [2.45, 2.75) is 6.61 Å². The second kappa shape index (κ2) is 7.10. The van der Waals surface area contributed by atoms with Crippen LogP contribution in [0, 0.1) is 0 Å². The van der Waals surface area contributed by atoms with Crippen molar-refractivity contribution in [3.05, 3.63) is 36.4 Å². The third-order valence-corrected chi connectivity index (χ3v) is 3.84. The van der Waals surface area contributed by atoms with Gasteiger partial charge in [-0.25, -0.2) is 0 Å². The average molecular weight is 376 g/mol. The van der Waals surface area contributed by atoms with E-state index in [0.717, 1.165) is 0 Å². The summed E-state index contributed by atoms with van der Waals surface area (Å²) in [6.45, 7) is -1.97. The quantitative estimate of drug-likeness (QED) is 0.671. The van der Waals surface area contributed by atoms with Crippen LogP contribution in [0.2, 0.25) is 0 Å². The Morgan fingerprint density at radius 1 is 0.889 bits per heavy atom. The van der Waals surface area contributed by atoms with Crippen LogP contribution in [-0.4, -0.2) is 37.1 Å². The number of halogens is 2. The first-order valence-corrected chi connectivity index (χ1v) is 8.01. The fraction of sp³-hybridized carbons (Fsp3) is 0.222. The minimum absolute atomic E-state index is 0.0807. The third-order valence-electron chi connectivity index (χ3n) is 3.84. The molecule has 3 aromatic rings. The van der Waals surface area contributed by atoms with Gasteiger partial charge < -0.3 is 23.4 Å². The number of hydrogen-bond acceptors (Lipinski definition) is 7. The first-order valence-electron chi connectivity index (χ1n) is 8.01. The third kappa shape index (κ3) is 3.48. The highest BCUT2D eigenvalue weighted by Gasteiger charge is 2.18. The van der Waals surface area contributed by atoms with Crippen molar-refractivity contribution in [1.82, 2.24) is 10.2 Å². The Morgan fingerprint density at radius 2 is 1.56 bits per heavy atom. The van der Waals surface area contributed by atoms with Crippen LogP contribution in [0.1, 0.15) is 0 Å². The van der Waals surface area contributed by atoms with Crippen LogP contribution in [0.5, 0.6) is 23.0 Å². The van der Waals surface area contributed by atoms with Crippen molar-refractivity contribution in [2.24, 2.45) is 0 Å². The second-order valence-corrected chi connectivity index (χ2v) is 5.51. The monoisotopic (exact) mass is 376 g/mol. The number of hydrogen-bond donors (Lipinski definition) is 0. The van der Waals surface area contributed by atoms with Gasteiger partial charge in [0.25, 0.3) is 0 Å². The van der Waals surface area contributed by atoms with E-state index in [9.17, 15) is 8.78 Å². The molecule has 0 amide bonds. The van der Waals surface area contributed by atoms with Gasteiger partial charge in [0, 0.05) is 11.1 Å². The molecule has 0 saturated heterocycles. The highest BCUT2D eigenvalue weighted by Crippen LogP contribution is 2.36. The Hall–Kier alpha value is -3.36. The lowest BCUT2D eigenvalue weighted by Crippen LogP contribution is -2.15. The summed E-state index contributed by atoms with van der Waals surface area (Å²) < 4.78 is 51.1. The molecule has 0 fully saturated rings. The van der Waals surface area contributed by atoms with Gasteiger partial charge in [0.1, 0.15) is 13.2 Å². The van der Waals surface area contributed by atoms with Crippen LogP contribution in [0.4, 0.5) is 8.78 Å². The molecule has 1 aromatic heterocycles. The van der Waals surface area contributed by atoms with Gasteiger partial charge in [-0.05, 0) is 36.4 Å². The molecule has 7 nitrogen and oxygen atoms in total. The molecule has 9 heteroatoms. The minimum atomic E-state index is -2.95. The van der Waals surface area contributed by atoms with E-state index in [1.807, 2.05) is 0 Å². The van der Waals surface area contributed by atoms with Crippen molar-refractivity contribution in [2.75, 3.05) is 20.3 Å². The maximum atomic E-state index is 12.4. The Bertz CT molecular complexity index is 961. The molecule has 27 heavy (non-hydrogen) atoms. The number of fused-ring (bicyclic) bond motifs is 1. The summed E-state index contributed by atoms with van der Waals surface area (Å²) in [5.41, 5.74) is 1.17.